The third-order valence-electron chi connectivity index (χ3n) is 4.75. The summed E-state index contributed by atoms with van der Waals surface area (Å²) in [5.41, 5.74) is 5.79. The second-order valence-electron chi connectivity index (χ2n) is 7.18. The molecular weight excluding hydrogens is 406 g/mol. The molecule has 0 aliphatic heterocycles. The fourth-order valence-corrected chi connectivity index (χ4v) is 3.21. The number of likely N-dealkylation sites (N-methyl/N-ethyl adjacent to an activating group) is 1. The van der Waals surface area contributed by atoms with Crippen LogP contribution in [-0.4, -0.2) is 51.9 Å². The maximum atomic E-state index is 14.5. The number of hydrogen-bond donors (Lipinski definition) is 2. The normalized spacial score (nSPS) is 11.4. The number of nitrogens with two attached hydrogens (primary N) is 1. The van der Waals surface area contributed by atoms with Crippen LogP contribution in [0.3, 0.4) is 0 Å². The van der Waals surface area contributed by atoms with Crippen LogP contribution in [0.15, 0.2) is 47.5 Å². The van der Waals surface area contributed by atoms with Crippen molar-refractivity contribution in [3.8, 4) is 22.7 Å². The van der Waals surface area contributed by atoms with E-state index in [1.54, 1.807) is 18.3 Å². The molecule has 31 heavy (non-hydrogen) atoms. The maximum Gasteiger partial charge on any atom is 0.268 e. The molecule has 3 aromatic heterocycles. The van der Waals surface area contributed by atoms with Crippen molar-refractivity contribution in [1.29, 1.82) is 0 Å². The highest BCUT2D eigenvalue weighted by Gasteiger charge is 2.21. The lowest BCUT2D eigenvalue weighted by atomic mass is 10.1. The number of hydrogen-bond acceptors (Lipinski definition) is 6. The minimum absolute atomic E-state index is 0.0147. The van der Waals surface area contributed by atoms with Gasteiger partial charge in [0.05, 0.1) is 11.2 Å². The smallest absolute Gasteiger partial charge is 0.268 e. The zero-order valence-electron chi connectivity index (χ0n) is 16.9. The third-order valence-corrected chi connectivity index (χ3v) is 4.75. The molecular formula is C21H20F2N6O2. The van der Waals surface area contributed by atoms with Crippen LogP contribution in [0.2, 0.25) is 0 Å². The molecule has 0 saturated heterocycles. The van der Waals surface area contributed by atoms with Gasteiger partial charge in [-0.1, -0.05) is 6.07 Å². The molecule has 0 atom stereocenters. The summed E-state index contributed by atoms with van der Waals surface area (Å²) in [5.74, 6) is -1.29. The quantitative estimate of drug-likeness (QED) is 0.491. The summed E-state index contributed by atoms with van der Waals surface area (Å²) in [4.78, 5) is 19.3. The molecule has 0 aliphatic rings. The zero-order valence-corrected chi connectivity index (χ0v) is 16.9. The number of halogens is 2. The lowest BCUT2D eigenvalue weighted by molar-refractivity contribution is 0.261. The molecule has 0 fully saturated rings. The number of para-hydroxylation sites is 1. The standard InChI is InChI=1S/C21H20F2N6O2/c1-28(2)8-9-31-12-6-7-25-16(10-12)13-11-29(19-14(22)4-3-5-15(19)23)21(30)17-18(13)26-27-20(17)24/h3-7,10-11H,8-9H2,1-2H3,(H3,24,26,27). The van der Waals surface area contributed by atoms with Crippen molar-refractivity contribution >= 4 is 16.7 Å². The summed E-state index contributed by atoms with van der Waals surface area (Å²) in [6.45, 7) is 1.18. The highest BCUT2D eigenvalue weighted by Crippen LogP contribution is 2.30. The van der Waals surface area contributed by atoms with Crippen molar-refractivity contribution < 1.29 is 13.5 Å². The molecule has 10 heteroatoms. The van der Waals surface area contributed by atoms with E-state index < -0.39 is 22.9 Å². The highest BCUT2D eigenvalue weighted by molar-refractivity contribution is 5.97. The molecule has 1 aromatic carbocycles. The van der Waals surface area contributed by atoms with Gasteiger partial charge in [-0.05, 0) is 32.3 Å². The van der Waals surface area contributed by atoms with Gasteiger partial charge in [-0.25, -0.2) is 8.78 Å². The first-order valence-corrected chi connectivity index (χ1v) is 9.44. The van der Waals surface area contributed by atoms with Crippen molar-refractivity contribution in [2.45, 2.75) is 0 Å². The van der Waals surface area contributed by atoms with Gasteiger partial charge in [-0.15, -0.1) is 0 Å². The number of aromatic amines is 1. The summed E-state index contributed by atoms with van der Waals surface area (Å²) < 4.78 is 35.5. The Labute approximate surface area is 175 Å². The van der Waals surface area contributed by atoms with E-state index >= 15 is 0 Å². The number of anilines is 1. The summed E-state index contributed by atoms with van der Waals surface area (Å²) >= 11 is 0. The lowest BCUT2D eigenvalue weighted by Gasteiger charge is -2.13. The molecule has 0 aliphatic carbocycles. The summed E-state index contributed by atoms with van der Waals surface area (Å²) in [6.07, 6.45) is 2.86. The van der Waals surface area contributed by atoms with E-state index in [1.165, 1.54) is 12.3 Å². The largest absolute Gasteiger partial charge is 0.492 e. The number of H-pyrrole nitrogens is 1. The van der Waals surface area contributed by atoms with E-state index in [9.17, 15) is 13.6 Å². The van der Waals surface area contributed by atoms with Crippen molar-refractivity contribution in [2.75, 3.05) is 33.0 Å². The molecule has 0 radical (unpaired) electrons. The number of nitrogens with zero attached hydrogens (tertiary/aromatic N) is 4. The predicted octanol–water partition coefficient (Wildman–Crippen LogP) is 2.58. The molecule has 3 heterocycles. The van der Waals surface area contributed by atoms with Gasteiger partial charge in [-0.2, -0.15) is 5.10 Å². The molecule has 4 aromatic rings. The Morgan fingerprint density at radius 3 is 2.68 bits per heavy atom. The van der Waals surface area contributed by atoms with Crippen LogP contribution < -0.4 is 16.0 Å². The molecule has 8 nitrogen and oxygen atoms in total. The number of pyridine rings is 2. The van der Waals surface area contributed by atoms with Gasteiger partial charge in [0.2, 0.25) is 0 Å². The van der Waals surface area contributed by atoms with Crippen LogP contribution in [0.1, 0.15) is 0 Å². The lowest BCUT2D eigenvalue weighted by Crippen LogP contribution is -2.21. The van der Waals surface area contributed by atoms with Crippen molar-refractivity contribution in [3.05, 3.63) is 64.7 Å². The van der Waals surface area contributed by atoms with E-state index in [-0.39, 0.29) is 11.2 Å². The molecule has 0 spiro atoms. The number of rotatable bonds is 6. The monoisotopic (exact) mass is 426 g/mol. The number of benzene rings is 1. The molecule has 0 saturated carbocycles. The molecule has 3 N–H and O–H groups in total. The Morgan fingerprint density at radius 2 is 1.97 bits per heavy atom. The molecule has 160 valence electrons. The third kappa shape index (κ3) is 3.84. The second kappa shape index (κ2) is 8.15. The Hall–Kier alpha value is -3.79. The second-order valence-corrected chi connectivity index (χ2v) is 7.18. The predicted molar refractivity (Wildman–Crippen MR) is 113 cm³/mol. The first kappa shape index (κ1) is 20.5. The van der Waals surface area contributed by atoms with Gasteiger partial charge in [0, 0.05) is 30.6 Å². The fourth-order valence-electron chi connectivity index (χ4n) is 3.21. The molecule has 0 amide bonds. The van der Waals surface area contributed by atoms with Gasteiger partial charge in [0.1, 0.15) is 35.1 Å². The SMILES string of the molecule is CN(C)CCOc1ccnc(-c2cn(-c3c(F)cccc3F)c(=O)c3c(N)n[nH]c23)c1. The maximum absolute atomic E-state index is 14.5. The van der Waals surface area contributed by atoms with Gasteiger partial charge in [-0.3, -0.25) is 19.4 Å². The molecule has 0 unspecified atom stereocenters. The first-order valence-electron chi connectivity index (χ1n) is 9.44. The van der Waals surface area contributed by atoms with Crippen LogP contribution >= 0.6 is 0 Å². The van der Waals surface area contributed by atoms with Gasteiger partial charge in [0.15, 0.2) is 5.82 Å². The van der Waals surface area contributed by atoms with Crippen LogP contribution in [0.4, 0.5) is 14.6 Å². The average Bonchev–Trinajstić information content (AvgIpc) is 3.11. The Kier molecular flexibility index (Phi) is 5.38. The van der Waals surface area contributed by atoms with Crippen LogP contribution in [0.25, 0.3) is 27.8 Å². The van der Waals surface area contributed by atoms with E-state index in [0.29, 0.717) is 29.1 Å². The molecule has 4 rings (SSSR count). The van der Waals surface area contributed by atoms with Gasteiger partial charge >= 0.3 is 0 Å². The summed E-state index contributed by atoms with van der Waals surface area (Å²) in [6, 6.07) is 6.75. The Morgan fingerprint density at radius 1 is 1.23 bits per heavy atom. The summed E-state index contributed by atoms with van der Waals surface area (Å²) in [7, 11) is 3.87. The summed E-state index contributed by atoms with van der Waals surface area (Å²) in [5, 5.41) is 6.63. The minimum atomic E-state index is -0.886. The average molecular weight is 426 g/mol. The number of fused-ring (bicyclic) bond motifs is 1. The number of ether oxygens (including phenoxy) is 1. The van der Waals surface area contributed by atoms with E-state index in [4.69, 9.17) is 10.5 Å². The van der Waals surface area contributed by atoms with E-state index in [0.717, 1.165) is 23.2 Å². The van der Waals surface area contributed by atoms with Gasteiger partial charge < -0.3 is 15.4 Å². The first-order chi connectivity index (χ1) is 14.9. The van der Waals surface area contributed by atoms with Crippen molar-refractivity contribution in [1.82, 2.24) is 24.6 Å². The van der Waals surface area contributed by atoms with Crippen molar-refractivity contribution in [2.24, 2.45) is 0 Å². The highest BCUT2D eigenvalue weighted by atomic mass is 19.1. The van der Waals surface area contributed by atoms with E-state index in [2.05, 4.69) is 15.2 Å². The number of nitrogens with one attached hydrogen (secondary N) is 1. The topological polar surface area (TPSA) is 102 Å². The fraction of sp³-hybridized carbons (Fsp3) is 0.190. The van der Waals surface area contributed by atoms with Crippen LogP contribution in [-0.2, 0) is 0 Å². The Balaban J connectivity index is 1.90. The zero-order chi connectivity index (χ0) is 22.1. The minimum Gasteiger partial charge on any atom is -0.492 e. The Bertz CT molecular complexity index is 1290. The van der Waals surface area contributed by atoms with Crippen LogP contribution in [0.5, 0.6) is 5.75 Å². The van der Waals surface area contributed by atoms with Crippen LogP contribution in [0, 0.1) is 11.6 Å². The van der Waals surface area contributed by atoms with Gasteiger partial charge in [0.25, 0.3) is 5.56 Å². The molecule has 0 bridgehead atoms. The van der Waals surface area contributed by atoms with E-state index in [1.807, 2.05) is 19.0 Å². The number of aromatic nitrogens is 4. The van der Waals surface area contributed by atoms with Crippen molar-refractivity contribution in [3.63, 3.8) is 0 Å². The number of nitrogen functional groups attached to an aromatic ring is 1.